The van der Waals surface area contributed by atoms with Gasteiger partial charge in [-0.2, -0.15) is 0 Å². The zero-order valence-electron chi connectivity index (χ0n) is 35.0. The summed E-state index contributed by atoms with van der Waals surface area (Å²) in [6.45, 7) is 7.74. The number of nitrogens with zero attached hydrogens (tertiary/aromatic N) is 3. The topological polar surface area (TPSA) is 125 Å². The molecule has 4 amide bonds. The van der Waals surface area contributed by atoms with E-state index in [1.165, 1.54) is 12.1 Å². The lowest BCUT2D eigenvalue weighted by molar-refractivity contribution is -0.141. The second-order valence-corrected chi connectivity index (χ2v) is 17.6. The first-order valence-electron chi connectivity index (χ1n) is 21.6. The monoisotopic (exact) mass is 823 g/mol. The van der Waals surface area contributed by atoms with Gasteiger partial charge in [-0.3, -0.25) is 19.2 Å². The Morgan fingerprint density at radius 2 is 1.34 bits per heavy atom. The number of nitrogens with one attached hydrogen (secondary N) is 2. The molecule has 4 aromatic carbocycles. The molecule has 11 heteroatoms. The van der Waals surface area contributed by atoms with E-state index in [2.05, 4.69) is 59.1 Å². The van der Waals surface area contributed by atoms with Gasteiger partial charge in [0.25, 0.3) is 5.91 Å². The third-order valence-corrected chi connectivity index (χ3v) is 12.6. The molecule has 2 N–H and O–H groups in total. The molecule has 3 heterocycles. The molecule has 1 unspecified atom stereocenters. The number of benzene rings is 4. The Morgan fingerprint density at radius 3 is 2.02 bits per heavy atom. The first kappa shape index (κ1) is 41.6. The van der Waals surface area contributed by atoms with Crippen LogP contribution >= 0.6 is 0 Å². The molecular formula is C50H54FN5O5. The summed E-state index contributed by atoms with van der Waals surface area (Å²) in [4.78, 5) is 59.8. The van der Waals surface area contributed by atoms with Crippen molar-refractivity contribution < 1.29 is 28.1 Å². The second kappa shape index (κ2) is 18.3. The summed E-state index contributed by atoms with van der Waals surface area (Å²) in [5.41, 5.74) is 4.97. The van der Waals surface area contributed by atoms with Crippen molar-refractivity contribution in [2.45, 2.75) is 76.3 Å². The van der Waals surface area contributed by atoms with Crippen molar-refractivity contribution in [2.75, 3.05) is 26.2 Å². The van der Waals surface area contributed by atoms with Crippen LogP contribution in [0.2, 0.25) is 0 Å². The Labute approximate surface area is 356 Å². The van der Waals surface area contributed by atoms with Crippen LogP contribution in [0.3, 0.4) is 0 Å². The number of carbonyl (C=O) groups excluding carboxylic acids is 4. The van der Waals surface area contributed by atoms with Gasteiger partial charge in [0, 0.05) is 55.6 Å². The zero-order valence-corrected chi connectivity index (χ0v) is 35.0. The van der Waals surface area contributed by atoms with E-state index >= 15 is 0 Å². The molecule has 2 saturated heterocycles. The maximum Gasteiger partial charge on any atom is 0.276 e. The van der Waals surface area contributed by atoms with Crippen molar-refractivity contribution in [1.29, 1.82) is 0 Å². The third-order valence-electron chi connectivity index (χ3n) is 12.6. The van der Waals surface area contributed by atoms with Crippen LogP contribution in [0.15, 0.2) is 120 Å². The third kappa shape index (κ3) is 9.61. The Kier molecular flexibility index (Phi) is 12.5. The van der Waals surface area contributed by atoms with Crippen LogP contribution in [0.5, 0.6) is 0 Å². The normalized spacial score (nSPS) is 23.4. The minimum absolute atomic E-state index is 0.0206. The fourth-order valence-electron chi connectivity index (χ4n) is 9.24. The van der Waals surface area contributed by atoms with Gasteiger partial charge in [0.1, 0.15) is 17.9 Å². The van der Waals surface area contributed by atoms with Crippen molar-refractivity contribution in [3.05, 3.63) is 149 Å². The maximum atomic E-state index is 14.4. The first-order valence-corrected chi connectivity index (χ1v) is 21.6. The van der Waals surface area contributed by atoms with Crippen LogP contribution in [-0.2, 0) is 20.8 Å². The predicted molar refractivity (Wildman–Crippen MR) is 231 cm³/mol. The average molecular weight is 824 g/mol. The van der Waals surface area contributed by atoms with Gasteiger partial charge in [0.15, 0.2) is 11.5 Å². The van der Waals surface area contributed by atoms with Gasteiger partial charge in [-0.15, -0.1) is 0 Å². The molecule has 1 saturated carbocycles. The highest BCUT2D eigenvalue weighted by molar-refractivity contribution is 5.97. The molecule has 8 rings (SSSR count). The number of aromatic nitrogens is 1. The lowest BCUT2D eigenvalue weighted by atomic mass is 9.90. The number of amides is 4. The molecule has 316 valence electrons. The molecule has 0 spiro atoms. The summed E-state index contributed by atoms with van der Waals surface area (Å²) >= 11 is 0. The van der Waals surface area contributed by atoms with Crippen LogP contribution < -0.4 is 10.6 Å². The van der Waals surface area contributed by atoms with E-state index in [0.717, 1.165) is 28.7 Å². The highest BCUT2D eigenvalue weighted by Crippen LogP contribution is 2.49. The van der Waals surface area contributed by atoms with E-state index in [9.17, 15) is 23.6 Å². The summed E-state index contributed by atoms with van der Waals surface area (Å²) < 4.78 is 19.1. The number of hydrogen-bond acceptors (Lipinski definition) is 6. The van der Waals surface area contributed by atoms with Crippen LogP contribution in [-0.4, -0.2) is 76.8 Å². The van der Waals surface area contributed by atoms with Gasteiger partial charge in [-0.05, 0) is 90.0 Å². The largest absolute Gasteiger partial charge is 0.355 e. The quantitative estimate of drug-likeness (QED) is 0.133. The summed E-state index contributed by atoms with van der Waals surface area (Å²) in [6.07, 6.45) is 2.42. The molecule has 10 nitrogen and oxygen atoms in total. The molecule has 5 aromatic rings. The Bertz CT molecular complexity index is 2330. The Hall–Kier alpha value is -6.10. The van der Waals surface area contributed by atoms with Gasteiger partial charge < -0.3 is 25.0 Å². The molecule has 0 bridgehead atoms. The molecule has 1 aliphatic carbocycles. The molecule has 7 atom stereocenters. The van der Waals surface area contributed by atoms with Crippen LogP contribution in [0.1, 0.15) is 90.5 Å². The molecule has 61 heavy (non-hydrogen) atoms. The Morgan fingerprint density at radius 1 is 0.738 bits per heavy atom. The van der Waals surface area contributed by atoms with E-state index in [4.69, 9.17) is 4.52 Å². The lowest BCUT2D eigenvalue weighted by Crippen LogP contribution is -2.49. The van der Waals surface area contributed by atoms with E-state index < -0.39 is 18.0 Å². The maximum absolute atomic E-state index is 14.4. The molecule has 3 aliphatic rings. The van der Waals surface area contributed by atoms with Gasteiger partial charge in [-0.1, -0.05) is 111 Å². The van der Waals surface area contributed by atoms with Crippen LogP contribution in [0, 0.1) is 23.6 Å². The van der Waals surface area contributed by atoms with E-state index in [0.29, 0.717) is 50.2 Å². The Balaban J connectivity index is 0.997. The summed E-state index contributed by atoms with van der Waals surface area (Å²) in [5, 5.41) is 10.4. The molecule has 2 aliphatic heterocycles. The lowest BCUT2D eigenvalue weighted by Gasteiger charge is -2.32. The molecular weight excluding hydrogens is 770 g/mol. The van der Waals surface area contributed by atoms with E-state index in [1.54, 1.807) is 23.1 Å². The summed E-state index contributed by atoms with van der Waals surface area (Å²) in [6, 6.07) is 34.5. The van der Waals surface area contributed by atoms with Crippen molar-refractivity contribution in [3.8, 4) is 11.3 Å². The SMILES string of the molecule is CC(C)C[C@H]1C(=O)NC[C@H](c2cccc(CC(C)C[C@H]3C(=O)NC[C@H](c4ccccc4)CN3C(=O)[C@@H]3C[C@H]3c3ccccc3)c2)CN1C(=O)c1cc(-c2ccc(F)cc2)on1. The van der Waals surface area contributed by atoms with E-state index in [1.807, 2.05) is 67.3 Å². The zero-order chi connectivity index (χ0) is 42.6. The smallest absolute Gasteiger partial charge is 0.276 e. The molecule has 1 aromatic heterocycles. The van der Waals surface area contributed by atoms with E-state index in [-0.39, 0.29) is 71.3 Å². The second-order valence-electron chi connectivity index (χ2n) is 17.6. The van der Waals surface area contributed by atoms with Crippen molar-refractivity contribution in [2.24, 2.45) is 17.8 Å². The highest BCUT2D eigenvalue weighted by atomic mass is 19.1. The number of hydrogen-bond donors (Lipinski definition) is 2. The minimum atomic E-state index is -0.705. The molecule has 3 fully saturated rings. The van der Waals surface area contributed by atoms with Gasteiger partial charge in [0.2, 0.25) is 17.7 Å². The van der Waals surface area contributed by atoms with Gasteiger partial charge >= 0.3 is 0 Å². The fourth-order valence-corrected chi connectivity index (χ4v) is 9.24. The first-order chi connectivity index (χ1) is 29.5. The van der Waals surface area contributed by atoms with Crippen LogP contribution in [0.4, 0.5) is 4.39 Å². The van der Waals surface area contributed by atoms with Gasteiger partial charge in [0.05, 0.1) is 0 Å². The van der Waals surface area contributed by atoms with Crippen molar-refractivity contribution in [3.63, 3.8) is 0 Å². The standard InChI is InChI=1S/C50H54FN5O5/c1-31(2)21-44-47(57)53-28-39(30-56(44)50(60)43-26-46(61-54-43)36-17-19-40(51)20-18-36)37-16-10-11-33(24-37)22-32(3)23-45-48(58)52-27-38(34-12-6-4-7-13-34)29-55(45)49(59)42-25-41(42)35-14-8-5-9-15-35/h4-20,24,26,31-32,38-39,41-42,44-45H,21-23,25,27-30H2,1-3H3,(H,52,58)(H,53,57)/t32?,38-,39-,41-,42+,44-,45-/m0/s1. The summed E-state index contributed by atoms with van der Waals surface area (Å²) in [7, 11) is 0. The van der Waals surface area contributed by atoms with Crippen molar-refractivity contribution >= 4 is 23.6 Å². The fraction of sp³-hybridized carbons (Fsp3) is 0.380. The minimum Gasteiger partial charge on any atom is -0.355 e. The predicted octanol–water partition coefficient (Wildman–Crippen LogP) is 7.73. The molecule has 0 radical (unpaired) electrons. The number of rotatable bonds is 12. The van der Waals surface area contributed by atoms with Crippen molar-refractivity contribution in [1.82, 2.24) is 25.6 Å². The number of halogens is 1. The highest BCUT2D eigenvalue weighted by Gasteiger charge is 2.49. The summed E-state index contributed by atoms with van der Waals surface area (Å²) in [5.74, 6) is -0.783. The average Bonchev–Trinajstić information content (AvgIpc) is 3.99. The van der Waals surface area contributed by atoms with Crippen LogP contribution in [0.25, 0.3) is 11.3 Å². The van der Waals surface area contributed by atoms with Gasteiger partial charge in [-0.25, -0.2) is 4.39 Å². The number of carbonyl (C=O) groups is 4.